The standard InChI is InChI=1S/C13H16F3N3O2/c1-7(2)5-17-13(21)18-6-10(20)19-9-4-3-8(14)11(15)12(9)16/h3-4,7H,5-6H2,1-2H3,(H,19,20)(H2,17,18,21). The summed E-state index contributed by atoms with van der Waals surface area (Å²) in [7, 11) is 0. The number of nitrogens with one attached hydrogen (secondary N) is 3. The van der Waals surface area contributed by atoms with Crippen molar-refractivity contribution in [1.29, 1.82) is 0 Å². The highest BCUT2D eigenvalue weighted by molar-refractivity contribution is 5.94. The minimum Gasteiger partial charge on any atom is -0.338 e. The number of hydrogen-bond donors (Lipinski definition) is 3. The Morgan fingerprint density at radius 1 is 1.10 bits per heavy atom. The number of carbonyl (C=O) groups is 2. The van der Waals surface area contributed by atoms with Crippen molar-refractivity contribution in [1.82, 2.24) is 10.6 Å². The van der Waals surface area contributed by atoms with Crippen LogP contribution in [-0.4, -0.2) is 25.0 Å². The fourth-order valence-corrected chi connectivity index (χ4v) is 1.34. The van der Waals surface area contributed by atoms with Crippen molar-refractivity contribution < 1.29 is 22.8 Å². The van der Waals surface area contributed by atoms with Crippen LogP contribution in [0.3, 0.4) is 0 Å². The SMILES string of the molecule is CC(C)CNC(=O)NCC(=O)Nc1ccc(F)c(F)c1F. The molecule has 3 amide bonds. The molecule has 116 valence electrons. The van der Waals surface area contributed by atoms with Crippen molar-refractivity contribution in [2.45, 2.75) is 13.8 Å². The molecule has 0 atom stereocenters. The van der Waals surface area contributed by atoms with E-state index in [2.05, 4.69) is 10.6 Å². The zero-order valence-corrected chi connectivity index (χ0v) is 11.6. The molecular weight excluding hydrogens is 287 g/mol. The molecule has 1 aromatic carbocycles. The monoisotopic (exact) mass is 303 g/mol. The lowest BCUT2D eigenvalue weighted by molar-refractivity contribution is -0.115. The molecule has 0 aliphatic heterocycles. The van der Waals surface area contributed by atoms with E-state index in [1.165, 1.54) is 0 Å². The van der Waals surface area contributed by atoms with Gasteiger partial charge in [-0.3, -0.25) is 4.79 Å². The van der Waals surface area contributed by atoms with E-state index in [1.54, 1.807) is 0 Å². The van der Waals surface area contributed by atoms with E-state index in [9.17, 15) is 22.8 Å². The van der Waals surface area contributed by atoms with Crippen LogP contribution >= 0.6 is 0 Å². The Labute approximate surface area is 119 Å². The van der Waals surface area contributed by atoms with Crippen molar-refractivity contribution in [3.8, 4) is 0 Å². The second-order valence-corrected chi connectivity index (χ2v) is 4.73. The minimum absolute atomic E-state index is 0.251. The number of carbonyl (C=O) groups excluding carboxylic acids is 2. The summed E-state index contributed by atoms with van der Waals surface area (Å²) in [6.07, 6.45) is 0. The van der Waals surface area contributed by atoms with E-state index in [1.807, 2.05) is 19.2 Å². The number of benzene rings is 1. The van der Waals surface area contributed by atoms with E-state index in [-0.39, 0.29) is 5.92 Å². The lowest BCUT2D eigenvalue weighted by atomic mass is 10.2. The lowest BCUT2D eigenvalue weighted by Crippen LogP contribution is -2.41. The molecule has 0 aromatic heterocycles. The second-order valence-electron chi connectivity index (χ2n) is 4.73. The fraction of sp³-hybridized carbons (Fsp3) is 0.385. The molecule has 8 heteroatoms. The Bertz CT molecular complexity index is 536. The predicted molar refractivity (Wildman–Crippen MR) is 71.2 cm³/mol. The zero-order chi connectivity index (χ0) is 16.0. The molecule has 5 nitrogen and oxygen atoms in total. The Balaban J connectivity index is 2.48. The third-order valence-corrected chi connectivity index (χ3v) is 2.39. The van der Waals surface area contributed by atoms with Gasteiger partial charge in [-0.25, -0.2) is 18.0 Å². The molecule has 0 aliphatic rings. The number of rotatable bonds is 5. The Morgan fingerprint density at radius 3 is 2.38 bits per heavy atom. The smallest absolute Gasteiger partial charge is 0.315 e. The third-order valence-electron chi connectivity index (χ3n) is 2.39. The van der Waals surface area contributed by atoms with E-state index in [4.69, 9.17) is 0 Å². The van der Waals surface area contributed by atoms with Gasteiger partial charge < -0.3 is 16.0 Å². The van der Waals surface area contributed by atoms with Gasteiger partial charge in [0.15, 0.2) is 17.5 Å². The van der Waals surface area contributed by atoms with Gasteiger partial charge in [0.25, 0.3) is 0 Å². The van der Waals surface area contributed by atoms with Crippen LogP contribution in [0.5, 0.6) is 0 Å². The Kier molecular flexibility index (Phi) is 6.01. The highest BCUT2D eigenvalue weighted by Crippen LogP contribution is 2.19. The van der Waals surface area contributed by atoms with Gasteiger partial charge in [0.2, 0.25) is 5.91 Å². The van der Waals surface area contributed by atoms with E-state index in [0.29, 0.717) is 12.6 Å². The summed E-state index contributed by atoms with van der Waals surface area (Å²) in [6.45, 7) is 3.81. The van der Waals surface area contributed by atoms with Crippen molar-refractivity contribution in [3.63, 3.8) is 0 Å². The van der Waals surface area contributed by atoms with Crippen LogP contribution in [0, 0.1) is 23.4 Å². The Hall–Kier alpha value is -2.25. The maximum atomic E-state index is 13.3. The summed E-state index contributed by atoms with van der Waals surface area (Å²) >= 11 is 0. The normalized spacial score (nSPS) is 10.4. The van der Waals surface area contributed by atoms with Gasteiger partial charge in [-0.2, -0.15) is 0 Å². The molecule has 0 radical (unpaired) electrons. The highest BCUT2D eigenvalue weighted by Gasteiger charge is 2.15. The molecule has 0 saturated carbocycles. The van der Waals surface area contributed by atoms with Gasteiger partial charge in [-0.1, -0.05) is 13.8 Å². The molecule has 1 rings (SSSR count). The third kappa shape index (κ3) is 5.33. The number of halogens is 3. The molecule has 3 N–H and O–H groups in total. The number of amides is 3. The second kappa shape index (κ2) is 7.51. The maximum Gasteiger partial charge on any atom is 0.315 e. The van der Waals surface area contributed by atoms with Crippen LogP contribution in [0.25, 0.3) is 0 Å². The molecule has 1 aromatic rings. The van der Waals surface area contributed by atoms with Gasteiger partial charge >= 0.3 is 6.03 Å². The summed E-state index contributed by atoms with van der Waals surface area (Å²) in [5.41, 5.74) is -0.497. The van der Waals surface area contributed by atoms with Gasteiger partial charge in [-0.15, -0.1) is 0 Å². The lowest BCUT2D eigenvalue weighted by Gasteiger charge is -2.10. The van der Waals surface area contributed by atoms with Crippen molar-refractivity contribution in [2.75, 3.05) is 18.4 Å². The minimum atomic E-state index is -1.67. The molecule has 0 bridgehead atoms. The first-order valence-electron chi connectivity index (χ1n) is 6.26. The van der Waals surface area contributed by atoms with Crippen LogP contribution in [-0.2, 0) is 4.79 Å². The van der Waals surface area contributed by atoms with Gasteiger partial charge in [0.05, 0.1) is 12.2 Å². The summed E-state index contributed by atoms with van der Waals surface area (Å²) in [4.78, 5) is 22.8. The first-order valence-corrected chi connectivity index (χ1v) is 6.26. The first kappa shape index (κ1) is 16.8. The van der Waals surface area contributed by atoms with Crippen LogP contribution < -0.4 is 16.0 Å². The molecular formula is C13H16F3N3O2. The molecule has 0 aliphatic carbocycles. The van der Waals surface area contributed by atoms with Crippen LogP contribution in [0.15, 0.2) is 12.1 Å². The van der Waals surface area contributed by atoms with Gasteiger partial charge in [0, 0.05) is 6.54 Å². The largest absolute Gasteiger partial charge is 0.338 e. The Morgan fingerprint density at radius 2 is 1.76 bits per heavy atom. The first-order chi connectivity index (χ1) is 9.81. The van der Waals surface area contributed by atoms with Crippen LogP contribution in [0.4, 0.5) is 23.7 Å². The van der Waals surface area contributed by atoms with E-state index < -0.39 is 41.6 Å². The zero-order valence-electron chi connectivity index (χ0n) is 11.6. The van der Waals surface area contributed by atoms with Gasteiger partial charge in [-0.05, 0) is 18.1 Å². The topological polar surface area (TPSA) is 70.2 Å². The molecule has 0 saturated heterocycles. The van der Waals surface area contributed by atoms with Crippen LogP contribution in [0.1, 0.15) is 13.8 Å². The molecule has 0 fully saturated rings. The number of urea groups is 1. The van der Waals surface area contributed by atoms with Crippen molar-refractivity contribution >= 4 is 17.6 Å². The number of hydrogen-bond acceptors (Lipinski definition) is 2. The molecule has 21 heavy (non-hydrogen) atoms. The van der Waals surface area contributed by atoms with Crippen molar-refractivity contribution in [2.24, 2.45) is 5.92 Å². The highest BCUT2D eigenvalue weighted by atomic mass is 19.2. The molecule has 0 unspecified atom stereocenters. The summed E-state index contributed by atoms with van der Waals surface area (Å²) in [5.74, 6) is -5.03. The molecule has 0 heterocycles. The van der Waals surface area contributed by atoms with Crippen molar-refractivity contribution in [3.05, 3.63) is 29.6 Å². The quantitative estimate of drug-likeness (QED) is 0.728. The summed E-state index contributed by atoms with van der Waals surface area (Å²) < 4.78 is 39.0. The number of anilines is 1. The van der Waals surface area contributed by atoms with E-state index >= 15 is 0 Å². The van der Waals surface area contributed by atoms with Crippen LogP contribution in [0.2, 0.25) is 0 Å². The average molecular weight is 303 g/mol. The molecule has 0 spiro atoms. The predicted octanol–water partition coefficient (Wildman–Crippen LogP) is 2.00. The summed E-state index contributed by atoms with van der Waals surface area (Å²) in [5, 5.41) is 6.80. The van der Waals surface area contributed by atoms with Gasteiger partial charge in [0.1, 0.15) is 0 Å². The maximum absolute atomic E-state index is 13.3. The fourth-order valence-electron chi connectivity index (χ4n) is 1.34. The average Bonchev–Trinajstić information content (AvgIpc) is 2.43. The van der Waals surface area contributed by atoms with E-state index in [0.717, 1.165) is 6.07 Å². The summed E-state index contributed by atoms with van der Waals surface area (Å²) in [6, 6.07) is 1.03.